The molecule has 5 rings (SSSR count). The lowest BCUT2D eigenvalue weighted by atomic mass is 9.95. The number of halogens is 3. The fourth-order valence-electron chi connectivity index (χ4n) is 4.68. The van der Waals surface area contributed by atoms with E-state index in [1.54, 1.807) is 27.5 Å². The lowest BCUT2D eigenvalue weighted by molar-refractivity contribution is 0.0672. The number of rotatable bonds is 3. The van der Waals surface area contributed by atoms with Gasteiger partial charge in [-0.05, 0) is 38.3 Å². The lowest BCUT2D eigenvalue weighted by Gasteiger charge is -2.33. The van der Waals surface area contributed by atoms with Crippen LogP contribution in [-0.2, 0) is 20.5 Å². The molecule has 1 aromatic carbocycles. The average Bonchev–Trinajstić information content (AvgIpc) is 3.40. The number of benzene rings is 1. The van der Waals surface area contributed by atoms with Crippen molar-refractivity contribution in [1.29, 1.82) is 0 Å². The molecule has 162 valence electrons. The summed E-state index contributed by atoms with van der Waals surface area (Å²) in [4.78, 5) is 15.1. The van der Waals surface area contributed by atoms with E-state index >= 15 is 0 Å². The van der Waals surface area contributed by atoms with Gasteiger partial charge in [0.15, 0.2) is 17.5 Å². The number of hydrogen-bond acceptors (Lipinski definition) is 3. The molecule has 0 saturated heterocycles. The van der Waals surface area contributed by atoms with Crippen LogP contribution in [-0.4, -0.2) is 36.9 Å². The molecule has 3 heterocycles. The summed E-state index contributed by atoms with van der Waals surface area (Å²) in [5.74, 6) is -3.68. The summed E-state index contributed by atoms with van der Waals surface area (Å²) in [6.45, 7) is 2.34. The van der Waals surface area contributed by atoms with Crippen LogP contribution in [0.1, 0.15) is 59.0 Å². The topological polar surface area (TPSA) is 56.0 Å². The molecule has 0 N–H and O–H groups in total. The minimum atomic E-state index is -1.49. The van der Waals surface area contributed by atoms with E-state index < -0.39 is 17.5 Å². The van der Waals surface area contributed by atoms with Crippen LogP contribution in [0.3, 0.4) is 0 Å². The molecule has 1 saturated carbocycles. The number of carbonyl (C=O) groups excluding carboxylic acids is 1. The second kappa shape index (κ2) is 6.96. The van der Waals surface area contributed by atoms with Crippen molar-refractivity contribution in [2.45, 2.75) is 38.1 Å². The number of nitrogens with zero attached hydrogens (tertiary/aromatic N) is 5. The van der Waals surface area contributed by atoms with Crippen LogP contribution in [0.5, 0.6) is 0 Å². The molecule has 1 atom stereocenters. The SMILES string of the molecule is CC1c2nn(C)c(-c3cc(F)c(F)c(F)c3)c2CCN1C(=O)c1cnn(C)c1C1CC1. The van der Waals surface area contributed by atoms with Gasteiger partial charge in [-0.15, -0.1) is 0 Å². The van der Waals surface area contributed by atoms with E-state index in [2.05, 4.69) is 10.2 Å². The molecule has 1 amide bonds. The van der Waals surface area contributed by atoms with Crippen molar-refractivity contribution in [2.75, 3.05) is 6.54 Å². The molecular formula is C22H22F3N5O. The Bertz CT molecular complexity index is 1190. The summed E-state index contributed by atoms with van der Waals surface area (Å²) in [5.41, 5.74) is 3.85. The van der Waals surface area contributed by atoms with Crippen LogP contribution < -0.4 is 0 Å². The molecular weight excluding hydrogens is 407 g/mol. The number of carbonyl (C=O) groups is 1. The fraction of sp³-hybridized carbons (Fsp3) is 0.409. The molecule has 1 aliphatic carbocycles. The van der Waals surface area contributed by atoms with Gasteiger partial charge in [-0.1, -0.05) is 0 Å². The summed E-state index contributed by atoms with van der Waals surface area (Å²) >= 11 is 0. The minimum absolute atomic E-state index is 0.0841. The van der Waals surface area contributed by atoms with Crippen LogP contribution in [0.15, 0.2) is 18.3 Å². The third-order valence-electron chi connectivity index (χ3n) is 6.34. The van der Waals surface area contributed by atoms with E-state index in [1.807, 2.05) is 14.0 Å². The molecule has 1 aliphatic heterocycles. The second-order valence-corrected chi connectivity index (χ2v) is 8.36. The van der Waals surface area contributed by atoms with E-state index in [-0.39, 0.29) is 17.5 Å². The largest absolute Gasteiger partial charge is 0.330 e. The van der Waals surface area contributed by atoms with Crippen LogP contribution in [0.2, 0.25) is 0 Å². The van der Waals surface area contributed by atoms with Crippen molar-refractivity contribution < 1.29 is 18.0 Å². The molecule has 0 spiro atoms. The quantitative estimate of drug-likeness (QED) is 0.594. The van der Waals surface area contributed by atoms with E-state index in [0.29, 0.717) is 35.8 Å². The van der Waals surface area contributed by atoms with Gasteiger partial charge in [0.05, 0.1) is 34.9 Å². The van der Waals surface area contributed by atoms with Gasteiger partial charge < -0.3 is 4.90 Å². The average molecular weight is 429 g/mol. The standard InChI is InChI=1S/C22H22F3N5O/c1-11-19-14(21(29(3)27-19)13-8-16(23)18(25)17(24)9-13)6-7-30(11)22(31)15-10-26-28(2)20(15)12-4-5-12/h8-12H,4-7H2,1-3H3. The number of aromatic nitrogens is 4. The Morgan fingerprint density at radius 2 is 1.77 bits per heavy atom. The normalized spacial score (nSPS) is 18.4. The zero-order valence-electron chi connectivity index (χ0n) is 17.5. The first-order valence-electron chi connectivity index (χ1n) is 10.3. The smallest absolute Gasteiger partial charge is 0.257 e. The van der Waals surface area contributed by atoms with Gasteiger partial charge in [0.2, 0.25) is 0 Å². The Morgan fingerprint density at radius 3 is 2.42 bits per heavy atom. The first kappa shape index (κ1) is 19.8. The Balaban J connectivity index is 1.51. The number of hydrogen-bond donors (Lipinski definition) is 0. The molecule has 0 bridgehead atoms. The highest BCUT2D eigenvalue weighted by atomic mass is 19.2. The van der Waals surface area contributed by atoms with Gasteiger partial charge in [-0.3, -0.25) is 14.2 Å². The molecule has 3 aromatic rings. The Morgan fingerprint density at radius 1 is 1.10 bits per heavy atom. The molecule has 9 heteroatoms. The van der Waals surface area contributed by atoms with Crippen LogP contribution in [0.25, 0.3) is 11.3 Å². The Labute approximate surface area is 177 Å². The highest BCUT2D eigenvalue weighted by Gasteiger charge is 2.37. The molecule has 2 aromatic heterocycles. The van der Waals surface area contributed by atoms with Crippen molar-refractivity contribution in [3.63, 3.8) is 0 Å². The van der Waals surface area contributed by atoms with Gasteiger partial charge in [0.25, 0.3) is 5.91 Å². The van der Waals surface area contributed by atoms with E-state index in [1.165, 1.54) is 0 Å². The van der Waals surface area contributed by atoms with Crippen LogP contribution in [0.4, 0.5) is 13.2 Å². The van der Waals surface area contributed by atoms with Gasteiger partial charge in [0, 0.05) is 37.7 Å². The van der Waals surface area contributed by atoms with Crippen LogP contribution in [0, 0.1) is 17.5 Å². The van der Waals surface area contributed by atoms with Crippen molar-refractivity contribution in [1.82, 2.24) is 24.5 Å². The number of aryl methyl sites for hydroxylation is 2. The molecule has 31 heavy (non-hydrogen) atoms. The number of fused-ring (bicyclic) bond motifs is 1. The molecule has 0 radical (unpaired) electrons. The highest BCUT2D eigenvalue weighted by Crippen LogP contribution is 2.42. The predicted molar refractivity (Wildman–Crippen MR) is 107 cm³/mol. The maximum absolute atomic E-state index is 13.8. The van der Waals surface area contributed by atoms with Gasteiger partial charge in [-0.2, -0.15) is 10.2 Å². The van der Waals surface area contributed by atoms with Crippen molar-refractivity contribution in [3.8, 4) is 11.3 Å². The maximum Gasteiger partial charge on any atom is 0.257 e. The molecule has 1 fully saturated rings. The molecule has 1 unspecified atom stereocenters. The third kappa shape index (κ3) is 3.05. The van der Waals surface area contributed by atoms with Crippen molar-refractivity contribution >= 4 is 5.91 Å². The molecule has 6 nitrogen and oxygen atoms in total. The zero-order chi connectivity index (χ0) is 22.0. The monoisotopic (exact) mass is 429 g/mol. The van der Waals surface area contributed by atoms with Gasteiger partial charge >= 0.3 is 0 Å². The van der Waals surface area contributed by atoms with E-state index in [4.69, 9.17) is 0 Å². The minimum Gasteiger partial charge on any atom is -0.330 e. The first-order chi connectivity index (χ1) is 14.8. The zero-order valence-corrected chi connectivity index (χ0v) is 17.5. The fourth-order valence-corrected chi connectivity index (χ4v) is 4.68. The van der Waals surface area contributed by atoms with Crippen molar-refractivity contribution in [2.24, 2.45) is 14.1 Å². The Kier molecular flexibility index (Phi) is 4.46. The van der Waals surface area contributed by atoms with Gasteiger partial charge in [-0.25, -0.2) is 13.2 Å². The first-order valence-corrected chi connectivity index (χ1v) is 10.3. The lowest BCUT2D eigenvalue weighted by Crippen LogP contribution is -2.39. The summed E-state index contributed by atoms with van der Waals surface area (Å²) in [6.07, 6.45) is 4.24. The summed E-state index contributed by atoms with van der Waals surface area (Å²) < 4.78 is 44.4. The second-order valence-electron chi connectivity index (χ2n) is 8.36. The van der Waals surface area contributed by atoms with Crippen molar-refractivity contribution in [3.05, 3.63) is 58.3 Å². The summed E-state index contributed by atoms with van der Waals surface area (Å²) in [6, 6.07) is 1.64. The van der Waals surface area contributed by atoms with E-state index in [9.17, 15) is 18.0 Å². The summed E-state index contributed by atoms with van der Waals surface area (Å²) in [7, 11) is 3.53. The van der Waals surface area contributed by atoms with E-state index in [0.717, 1.165) is 36.2 Å². The van der Waals surface area contributed by atoms with Crippen LogP contribution >= 0.6 is 0 Å². The highest BCUT2D eigenvalue weighted by molar-refractivity contribution is 5.96. The Hall–Kier alpha value is -3.10. The third-order valence-corrected chi connectivity index (χ3v) is 6.34. The van der Waals surface area contributed by atoms with Gasteiger partial charge in [0.1, 0.15) is 0 Å². The summed E-state index contributed by atoms with van der Waals surface area (Å²) in [5, 5.41) is 8.85. The number of amides is 1. The maximum atomic E-state index is 13.8. The predicted octanol–water partition coefficient (Wildman–Crippen LogP) is 3.87. The molecule has 2 aliphatic rings.